The largest absolute Gasteiger partial charge is 0.409 e. The Morgan fingerprint density at radius 3 is 2.63 bits per heavy atom. The zero-order valence-electron chi connectivity index (χ0n) is 11.0. The molecule has 19 heavy (non-hydrogen) atoms. The minimum absolute atomic E-state index is 0.152. The van der Waals surface area contributed by atoms with Gasteiger partial charge in [0.2, 0.25) is 0 Å². The number of nitrogens with two attached hydrogens (primary N) is 1. The second-order valence-corrected chi connectivity index (χ2v) is 6.09. The number of hydrogen-bond acceptors (Lipinski definition) is 4. The molecule has 1 aliphatic heterocycles. The fourth-order valence-corrected chi connectivity index (χ4v) is 3.43. The molecule has 0 atom stereocenters. The minimum atomic E-state index is 0.152. The van der Waals surface area contributed by atoms with Gasteiger partial charge in [0.1, 0.15) is 0 Å². The van der Waals surface area contributed by atoms with Gasteiger partial charge in [-0.05, 0) is 42.4 Å². The minimum Gasteiger partial charge on any atom is -0.409 e. The van der Waals surface area contributed by atoms with Crippen LogP contribution in [-0.4, -0.2) is 29.1 Å². The summed E-state index contributed by atoms with van der Waals surface area (Å²) in [5.41, 5.74) is 7.49. The van der Waals surface area contributed by atoms with Crippen LogP contribution in [0.2, 0.25) is 0 Å². The van der Waals surface area contributed by atoms with Gasteiger partial charge in [0.05, 0.1) is 0 Å². The molecule has 0 unspecified atom stereocenters. The van der Waals surface area contributed by atoms with Gasteiger partial charge in [0.15, 0.2) is 5.84 Å². The van der Waals surface area contributed by atoms with Crippen LogP contribution in [0.1, 0.15) is 24.0 Å². The third-order valence-electron chi connectivity index (χ3n) is 3.46. The Kier molecular flexibility index (Phi) is 5.54. The third kappa shape index (κ3) is 4.44. The quantitative estimate of drug-likeness (QED) is 0.334. The van der Waals surface area contributed by atoms with Gasteiger partial charge in [-0.2, -0.15) is 11.8 Å². The van der Waals surface area contributed by atoms with Gasteiger partial charge in [-0.1, -0.05) is 29.4 Å². The molecule has 1 fully saturated rings. The first-order valence-corrected chi connectivity index (χ1v) is 7.80. The highest BCUT2D eigenvalue weighted by atomic mass is 32.2. The lowest BCUT2D eigenvalue weighted by Gasteiger charge is -2.21. The highest BCUT2D eigenvalue weighted by Gasteiger charge is 2.12. The van der Waals surface area contributed by atoms with Crippen molar-refractivity contribution >= 4 is 17.6 Å². The molecule has 0 amide bonds. The van der Waals surface area contributed by atoms with E-state index in [2.05, 4.69) is 22.2 Å². The highest BCUT2D eigenvalue weighted by molar-refractivity contribution is 7.99. The Bertz CT molecular complexity index is 413. The standard InChI is InChI=1S/C14H21N3OS/c15-14(17-18)13-3-1-11(2-4-13)9-16-10-12-5-7-19-8-6-12/h1-4,12,16,18H,5-10H2,(H2,15,17). The lowest BCUT2D eigenvalue weighted by atomic mass is 10.0. The number of hydrogen-bond donors (Lipinski definition) is 3. The first kappa shape index (κ1) is 14.2. The van der Waals surface area contributed by atoms with Crippen LogP contribution in [0.5, 0.6) is 0 Å². The second kappa shape index (κ2) is 7.40. The van der Waals surface area contributed by atoms with Crippen LogP contribution in [0.15, 0.2) is 29.4 Å². The van der Waals surface area contributed by atoms with Gasteiger partial charge in [-0.25, -0.2) is 0 Å². The van der Waals surface area contributed by atoms with E-state index in [1.807, 2.05) is 24.3 Å². The molecule has 1 saturated heterocycles. The molecule has 0 saturated carbocycles. The van der Waals surface area contributed by atoms with E-state index in [9.17, 15) is 0 Å². The number of nitrogens with zero attached hydrogens (tertiary/aromatic N) is 1. The molecule has 1 aromatic carbocycles. The van der Waals surface area contributed by atoms with Crippen LogP contribution in [0.25, 0.3) is 0 Å². The van der Waals surface area contributed by atoms with E-state index < -0.39 is 0 Å². The van der Waals surface area contributed by atoms with Gasteiger partial charge >= 0.3 is 0 Å². The van der Waals surface area contributed by atoms with Crippen molar-refractivity contribution in [3.8, 4) is 0 Å². The summed E-state index contributed by atoms with van der Waals surface area (Å²) >= 11 is 2.06. The van der Waals surface area contributed by atoms with E-state index in [-0.39, 0.29) is 5.84 Å². The molecule has 0 radical (unpaired) electrons. The van der Waals surface area contributed by atoms with Crippen LogP contribution in [0.3, 0.4) is 0 Å². The summed E-state index contributed by atoms with van der Waals surface area (Å²) in [6.07, 6.45) is 2.67. The number of benzene rings is 1. The van der Waals surface area contributed by atoms with Crippen molar-refractivity contribution in [1.29, 1.82) is 0 Å². The summed E-state index contributed by atoms with van der Waals surface area (Å²) in [7, 11) is 0. The van der Waals surface area contributed by atoms with Gasteiger partial charge < -0.3 is 16.3 Å². The lowest BCUT2D eigenvalue weighted by molar-refractivity contribution is 0.318. The molecule has 2 rings (SSSR count). The molecule has 1 aromatic rings. The van der Waals surface area contributed by atoms with Gasteiger partial charge in [0, 0.05) is 12.1 Å². The van der Waals surface area contributed by atoms with Gasteiger partial charge in [-0.15, -0.1) is 0 Å². The number of amidine groups is 1. The summed E-state index contributed by atoms with van der Waals surface area (Å²) in [5, 5.41) is 15.1. The lowest BCUT2D eigenvalue weighted by Crippen LogP contribution is -2.25. The Morgan fingerprint density at radius 1 is 1.32 bits per heavy atom. The number of oxime groups is 1. The van der Waals surface area contributed by atoms with Crippen LogP contribution < -0.4 is 11.1 Å². The molecule has 1 aliphatic rings. The first-order valence-electron chi connectivity index (χ1n) is 6.65. The average molecular weight is 279 g/mol. The zero-order valence-corrected chi connectivity index (χ0v) is 11.8. The molecule has 1 heterocycles. The van der Waals surface area contributed by atoms with E-state index in [1.165, 1.54) is 29.9 Å². The summed E-state index contributed by atoms with van der Waals surface area (Å²) < 4.78 is 0. The SMILES string of the molecule is N/C(=N/O)c1ccc(CNCC2CCSCC2)cc1. The van der Waals surface area contributed by atoms with E-state index in [0.717, 1.165) is 24.6 Å². The van der Waals surface area contributed by atoms with Crippen molar-refractivity contribution in [2.45, 2.75) is 19.4 Å². The van der Waals surface area contributed by atoms with Crippen molar-refractivity contribution < 1.29 is 5.21 Å². The molecule has 0 bridgehead atoms. The molecule has 0 spiro atoms. The third-order valence-corrected chi connectivity index (χ3v) is 4.51. The maximum absolute atomic E-state index is 8.59. The topological polar surface area (TPSA) is 70.6 Å². The zero-order chi connectivity index (χ0) is 13.5. The number of thioether (sulfide) groups is 1. The second-order valence-electron chi connectivity index (χ2n) is 4.87. The van der Waals surface area contributed by atoms with Crippen LogP contribution in [0.4, 0.5) is 0 Å². The normalized spacial score (nSPS) is 17.6. The fourth-order valence-electron chi connectivity index (χ4n) is 2.22. The Hall–Kier alpha value is -1.20. The number of nitrogens with one attached hydrogen (secondary N) is 1. The molecule has 0 aromatic heterocycles. The predicted octanol–water partition coefficient (Wildman–Crippen LogP) is 2.01. The van der Waals surface area contributed by atoms with Crippen molar-refractivity contribution in [3.63, 3.8) is 0 Å². The summed E-state index contributed by atoms with van der Waals surface area (Å²) in [5.74, 6) is 3.60. The van der Waals surface area contributed by atoms with Crippen LogP contribution in [-0.2, 0) is 6.54 Å². The summed E-state index contributed by atoms with van der Waals surface area (Å²) in [6, 6.07) is 7.78. The summed E-state index contributed by atoms with van der Waals surface area (Å²) in [6.45, 7) is 1.97. The maximum atomic E-state index is 8.59. The highest BCUT2D eigenvalue weighted by Crippen LogP contribution is 2.21. The molecule has 4 N–H and O–H groups in total. The van der Waals surface area contributed by atoms with E-state index in [4.69, 9.17) is 10.9 Å². The predicted molar refractivity (Wildman–Crippen MR) is 80.7 cm³/mol. The molecule has 0 aliphatic carbocycles. The molecule has 5 heteroatoms. The Morgan fingerprint density at radius 2 is 2.00 bits per heavy atom. The van der Waals surface area contributed by atoms with Crippen molar-refractivity contribution in [2.75, 3.05) is 18.1 Å². The molecular formula is C14H21N3OS. The summed E-state index contributed by atoms with van der Waals surface area (Å²) in [4.78, 5) is 0. The van der Waals surface area contributed by atoms with E-state index in [1.54, 1.807) is 0 Å². The van der Waals surface area contributed by atoms with Crippen molar-refractivity contribution in [2.24, 2.45) is 16.8 Å². The van der Waals surface area contributed by atoms with E-state index in [0.29, 0.717) is 0 Å². The van der Waals surface area contributed by atoms with Gasteiger partial charge in [-0.3, -0.25) is 0 Å². The monoisotopic (exact) mass is 279 g/mol. The van der Waals surface area contributed by atoms with Crippen molar-refractivity contribution in [1.82, 2.24) is 5.32 Å². The smallest absolute Gasteiger partial charge is 0.170 e. The molecule has 104 valence electrons. The Labute approximate surface area is 118 Å². The van der Waals surface area contributed by atoms with Crippen LogP contribution >= 0.6 is 11.8 Å². The molecule has 4 nitrogen and oxygen atoms in total. The number of rotatable bonds is 5. The molecular weight excluding hydrogens is 258 g/mol. The van der Waals surface area contributed by atoms with Crippen molar-refractivity contribution in [3.05, 3.63) is 35.4 Å². The maximum Gasteiger partial charge on any atom is 0.170 e. The first-order chi connectivity index (χ1) is 9.29. The van der Waals surface area contributed by atoms with Crippen LogP contribution in [0, 0.1) is 5.92 Å². The Balaban J connectivity index is 1.76. The average Bonchev–Trinajstić information content (AvgIpc) is 2.48. The fraction of sp³-hybridized carbons (Fsp3) is 0.500. The van der Waals surface area contributed by atoms with Gasteiger partial charge in [0.25, 0.3) is 0 Å². The van der Waals surface area contributed by atoms with E-state index >= 15 is 0 Å².